The molecule has 0 spiro atoms. The normalized spacial score (nSPS) is 10.7. The molecule has 20 heavy (non-hydrogen) atoms. The summed E-state index contributed by atoms with van der Waals surface area (Å²) in [5, 5.41) is 0. The lowest BCUT2D eigenvalue weighted by atomic mass is 10.1. The zero-order valence-corrected chi connectivity index (χ0v) is 13.2. The molecule has 0 fully saturated rings. The van der Waals surface area contributed by atoms with E-state index in [2.05, 4.69) is 31.3 Å². The Morgan fingerprint density at radius 2 is 2.05 bits per heavy atom. The summed E-state index contributed by atoms with van der Waals surface area (Å²) in [4.78, 5) is 8.35. The molecule has 5 nitrogen and oxygen atoms in total. The highest BCUT2D eigenvalue weighted by Gasteiger charge is 2.17. The molecule has 6 heteroatoms. The van der Waals surface area contributed by atoms with Crippen molar-refractivity contribution < 1.29 is 4.74 Å². The van der Waals surface area contributed by atoms with Gasteiger partial charge in [-0.05, 0) is 36.6 Å². The number of hydrogen-bond acceptors (Lipinski definition) is 5. The lowest BCUT2D eigenvalue weighted by Gasteiger charge is -2.16. The summed E-state index contributed by atoms with van der Waals surface area (Å²) >= 11 is 3.43. The van der Waals surface area contributed by atoms with Gasteiger partial charge in [-0.1, -0.05) is 29.8 Å². The predicted octanol–water partition coefficient (Wildman–Crippen LogP) is 3.75. The number of ether oxygens (including phenoxy) is 1. The van der Waals surface area contributed by atoms with Crippen LogP contribution in [-0.4, -0.2) is 9.97 Å². The highest BCUT2D eigenvalue weighted by molar-refractivity contribution is 9.10. The standard InChI is InChI=1S/C14H17BrN4O/c1-8(2)12-13(19-16)17-7-18-14(12)20-11-5-4-10(15)6-9(11)3/h4-8H,16H2,1-3H3,(H,17,18,19). The molecule has 0 saturated heterocycles. The number of aromatic nitrogens is 2. The third-order valence-corrected chi connectivity index (χ3v) is 3.40. The van der Waals surface area contributed by atoms with Gasteiger partial charge < -0.3 is 10.2 Å². The summed E-state index contributed by atoms with van der Waals surface area (Å²) in [5.41, 5.74) is 4.47. The van der Waals surface area contributed by atoms with E-state index in [-0.39, 0.29) is 5.92 Å². The molecule has 0 radical (unpaired) electrons. The highest BCUT2D eigenvalue weighted by atomic mass is 79.9. The maximum Gasteiger partial charge on any atom is 0.227 e. The molecule has 0 saturated carbocycles. The third-order valence-electron chi connectivity index (χ3n) is 2.91. The van der Waals surface area contributed by atoms with Gasteiger partial charge in [0.15, 0.2) is 5.82 Å². The average Bonchev–Trinajstić information content (AvgIpc) is 2.41. The van der Waals surface area contributed by atoms with Crippen molar-refractivity contribution in [3.8, 4) is 11.6 Å². The first-order valence-corrected chi connectivity index (χ1v) is 7.07. The maximum atomic E-state index is 5.93. The van der Waals surface area contributed by atoms with Crippen molar-refractivity contribution in [2.75, 3.05) is 5.43 Å². The van der Waals surface area contributed by atoms with E-state index >= 15 is 0 Å². The minimum atomic E-state index is 0.188. The van der Waals surface area contributed by atoms with Crippen LogP contribution in [0.1, 0.15) is 30.9 Å². The van der Waals surface area contributed by atoms with E-state index in [4.69, 9.17) is 10.6 Å². The van der Waals surface area contributed by atoms with Gasteiger partial charge in [0.05, 0.1) is 5.56 Å². The molecule has 1 aromatic carbocycles. The molecule has 1 aromatic heterocycles. The van der Waals surface area contributed by atoms with Crippen molar-refractivity contribution in [2.45, 2.75) is 26.7 Å². The molecular formula is C14H17BrN4O. The second-order valence-electron chi connectivity index (χ2n) is 4.75. The van der Waals surface area contributed by atoms with E-state index in [9.17, 15) is 0 Å². The largest absolute Gasteiger partial charge is 0.438 e. The molecule has 0 aliphatic carbocycles. The molecule has 1 heterocycles. The number of rotatable bonds is 4. The summed E-state index contributed by atoms with van der Waals surface area (Å²) in [6.07, 6.45) is 1.44. The summed E-state index contributed by atoms with van der Waals surface area (Å²) < 4.78 is 6.94. The highest BCUT2D eigenvalue weighted by Crippen LogP contribution is 2.34. The number of aryl methyl sites for hydroxylation is 1. The monoisotopic (exact) mass is 336 g/mol. The Kier molecular flexibility index (Phi) is 4.57. The Bertz CT molecular complexity index is 616. The fourth-order valence-corrected chi connectivity index (χ4v) is 2.40. The van der Waals surface area contributed by atoms with Gasteiger partial charge in [-0.25, -0.2) is 15.8 Å². The van der Waals surface area contributed by atoms with Crippen molar-refractivity contribution in [3.05, 3.63) is 40.1 Å². The molecule has 0 aliphatic heterocycles. The zero-order chi connectivity index (χ0) is 14.7. The number of benzene rings is 1. The van der Waals surface area contributed by atoms with Crippen LogP contribution in [0.25, 0.3) is 0 Å². The molecule has 0 atom stereocenters. The number of hydrogen-bond donors (Lipinski definition) is 2. The van der Waals surface area contributed by atoms with E-state index in [1.165, 1.54) is 6.33 Å². The van der Waals surface area contributed by atoms with Gasteiger partial charge in [-0.2, -0.15) is 0 Å². The van der Waals surface area contributed by atoms with Crippen LogP contribution in [0.4, 0.5) is 5.82 Å². The van der Waals surface area contributed by atoms with Crippen molar-refractivity contribution in [1.82, 2.24) is 9.97 Å². The second-order valence-corrected chi connectivity index (χ2v) is 5.67. The quantitative estimate of drug-likeness (QED) is 0.657. The van der Waals surface area contributed by atoms with Crippen molar-refractivity contribution >= 4 is 21.7 Å². The van der Waals surface area contributed by atoms with E-state index in [1.807, 2.05) is 39.0 Å². The van der Waals surface area contributed by atoms with Gasteiger partial charge >= 0.3 is 0 Å². The molecule has 2 aromatic rings. The lowest BCUT2D eigenvalue weighted by molar-refractivity contribution is 0.448. The first kappa shape index (κ1) is 14.7. The van der Waals surface area contributed by atoms with Crippen molar-refractivity contribution in [2.24, 2.45) is 5.84 Å². The summed E-state index contributed by atoms with van der Waals surface area (Å²) in [5.74, 6) is 7.55. The van der Waals surface area contributed by atoms with Crippen LogP contribution in [-0.2, 0) is 0 Å². The molecule has 0 unspecified atom stereocenters. The minimum Gasteiger partial charge on any atom is -0.438 e. The van der Waals surface area contributed by atoms with E-state index in [1.54, 1.807) is 0 Å². The van der Waals surface area contributed by atoms with Crippen LogP contribution in [0.3, 0.4) is 0 Å². The first-order valence-electron chi connectivity index (χ1n) is 6.28. The average molecular weight is 337 g/mol. The summed E-state index contributed by atoms with van der Waals surface area (Å²) in [6.45, 7) is 6.07. The Hall–Kier alpha value is -1.66. The molecule has 0 bridgehead atoms. The summed E-state index contributed by atoms with van der Waals surface area (Å²) in [7, 11) is 0. The van der Waals surface area contributed by atoms with Gasteiger partial charge in [0.25, 0.3) is 0 Å². The number of hydrazine groups is 1. The SMILES string of the molecule is Cc1cc(Br)ccc1Oc1ncnc(NN)c1C(C)C. The lowest BCUT2D eigenvalue weighted by Crippen LogP contribution is -2.13. The van der Waals surface area contributed by atoms with Crippen LogP contribution in [0.5, 0.6) is 11.6 Å². The van der Waals surface area contributed by atoms with Gasteiger partial charge in [0.2, 0.25) is 5.88 Å². The minimum absolute atomic E-state index is 0.188. The molecule has 2 rings (SSSR count). The molecule has 0 aliphatic rings. The third kappa shape index (κ3) is 3.08. The smallest absolute Gasteiger partial charge is 0.227 e. The van der Waals surface area contributed by atoms with Crippen LogP contribution in [0.15, 0.2) is 29.0 Å². The summed E-state index contributed by atoms with van der Waals surface area (Å²) in [6, 6.07) is 5.83. The van der Waals surface area contributed by atoms with Crippen LogP contribution >= 0.6 is 15.9 Å². The Morgan fingerprint density at radius 3 is 2.65 bits per heavy atom. The van der Waals surface area contributed by atoms with E-state index in [0.717, 1.165) is 21.3 Å². The zero-order valence-electron chi connectivity index (χ0n) is 11.6. The Morgan fingerprint density at radius 1 is 1.30 bits per heavy atom. The number of halogens is 1. The second kappa shape index (κ2) is 6.19. The van der Waals surface area contributed by atoms with Gasteiger partial charge in [0.1, 0.15) is 12.1 Å². The van der Waals surface area contributed by atoms with Crippen LogP contribution in [0, 0.1) is 6.92 Å². The predicted molar refractivity (Wildman–Crippen MR) is 82.9 cm³/mol. The fraction of sp³-hybridized carbons (Fsp3) is 0.286. The maximum absolute atomic E-state index is 5.93. The molecule has 0 amide bonds. The number of nitrogen functional groups attached to an aromatic ring is 1. The van der Waals surface area contributed by atoms with Crippen molar-refractivity contribution in [3.63, 3.8) is 0 Å². The van der Waals surface area contributed by atoms with E-state index in [0.29, 0.717) is 11.7 Å². The Labute approximate surface area is 126 Å². The number of anilines is 1. The van der Waals surface area contributed by atoms with E-state index < -0.39 is 0 Å². The Balaban J connectivity index is 2.43. The topological polar surface area (TPSA) is 73.1 Å². The van der Waals surface area contributed by atoms with Gasteiger partial charge in [0, 0.05) is 4.47 Å². The first-order chi connectivity index (χ1) is 9.52. The number of nitrogens with one attached hydrogen (secondary N) is 1. The molecule has 106 valence electrons. The number of nitrogens with two attached hydrogens (primary N) is 1. The van der Waals surface area contributed by atoms with Crippen LogP contribution < -0.4 is 16.0 Å². The number of nitrogens with zero attached hydrogens (tertiary/aromatic N) is 2. The van der Waals surface area contributed by atoms with Gasteiger partial charge in [-0.15, -0.1) is 0 Å². The van der Waals surface area contributed by atoms with Gasteiger partial charge in [-0.3, -0.25) is 0 Å². The van der Waals surface area contributed by atoms with Crippen LogP contribution in [0.2, 0.25) is 0 Å². The molecular weight excluding hydrogens is 320 g/mol. The van der Waals surface area contributed by atoms with Crippen molar-refractivity contribution in [1.29, 1.82) is 0 Å². The molecule has 3 N–H and O–H groups in total. The fourth-order valence-electron chi connectivity index (χ4n) is 1.93.